The number of para-hydroxylation sites is 1. The van der Waals surface area contributed by atoms with E-state index < -0.39 is 0 Å². The van der Waals surface area contributed by atoms with Crippen LogP contribution in [0.4, 0.5) is 5.69 Å². The van der Waals surface area contributed by atoms with Gasteiger partial charge in [0.05, 0.1) is 0 Å². The Morgan fingerprint density at radius 3 is 2.90 bits per heavy atom. The SMILES string of the molecule is O=C(c1cc2n(n1)CCC2)N1CC2(CC2)c2ccccc21. The van der Waals surface area contributed by atoms with Gasteiger partial charge in [0.2, 0.25) is 0 Å². The van der Waals surface area contributed by atoms with E-state index >= 15 is 0 Å². The third-order valence-corrected chi connectivity index (χ3v) is 5.21. The fourth-order valence-corrected chi connectivity index (χ4v) is 3.89. The molecule has 2 aliphatic heterocycles. The van der Waals surface area contributed by atoms with E-state index in [1.54, 1.807) is 0 Å². The van der Waals surface area contributed by atoms with Crippen molar-refractivity contribution in [2.24, 2.45) is 0 Å². The molecule has 106 valence electrons. The van der Waals surface area contributed by atoms with Gasteiger partial charge in [0.25, 0.3) is 5.91 Å². The summed E-state index contributed by atoms with van der Waals surface area (Å²) in [5, 5.41) is 4.50. The van der Waals surface area contributed by atoms with Crippen LogP contribution in [0.3, 0.4) is 0 Å². The molecule has 0 radical (unpaired) electrons. The summed E-state index contributed by atoms with van der Waals surface area (Å²) in [5.74, 6) is 0.0631. The Morgan fingerprint density at radius 2 is 2.10 bits per heavy atom. The smallest absolute Gasteiger partial charge is 0.278 e. The summed E-state index contributed by atoms with van der Waals surface area (Å²) in [5.41, 5.74) is 4.50. The molecule has 0 N–H and O–H groups in total. The van der Waals surface area contributed by atoms with Crippen molar-refractivity contribution in [3.63, 3.8) is 0 Å². The van der Waals surface area contributed by atoms with Crippen molar-refractivity contribution in [1.29, 1.82) is 0 Å². The lowest BCUT2D eigenvalue weighted by molar-refractivity contribution is 0.0982. The monoisotopic (exact) mass is 279 g/mol. The molecule has 21 heavy (non-hydrogen) atoms. The van der Waals surface area contributed by atoms with Crippen LogP contribution in [0, 0.1) is 0 Å². The highest BCUT2D eigenvalue weighted by Crippen LogP contribution is 2.56. The van der Waals surface area contributed by atoms with Gasteiger partial charge < -0.3 is 4.90 Å². The molecule has 2 aromatic rings. The van der Waals surface area contributed by atoms with E-state index in [0.29, 0.717) is 5.69 Å². The van der Waals surface area contributed by atoms with Crippen LogP contribution in [0.25, 0.3) is 0 Å². The first kappa shape index (κ1) is 11.5. The van der Waals surface area contributed by atoms with Gasteiger partial charge in [0.15, 0.2) is 5.69 Å². The van der Waals surface area contributed by atoms with E-state index in [-0.39, 0.29) is 11.3 Å². The lowest BCUT2D eigenvalue weighted by atomic mass is 9.99. The van der Waals surface area contributed by atoms with Gasteiger partial charge in [0.1, 0.15) is 0 Å². The highest BCUT2D eigenvalue weighted by molar-refractivity contribution is 6.06. The number of anilines is 1. The molecule has 0 saturated heterocycles. The quantitative estimate of drug-likeness (QED) is 0.804. The second-order valence-electron chi connectivity index (χ2n) is 6.54. The van der Waals surface area contributed by atoms with Crippen molar-refractivity contribution in [1.82, 2.24) is 9.78 Å². The molecule has 1 aromatic carbocycles. The fourth-order valence-electron chi connectivity index (χ4n) is 3.89. The standard InChI is InChI=1S/C17H17N3O/c21-16(14-10-12-4-3-9-20(12)18-14)19-11-17(7-8-17)13-5-1-2-6-15(13)19/h1-2,5-6,10H,3-4,7-9,11H2. The number of aryl methyl sites for hydroxylation is 2. The number of hydrogen-bond acceptors (Lipinski definition) is 2. The normalized spacial score (nSPS) is 20.7. The average molecular weight is 279 g/mol. The predicted molar refractivity (Wildman–Crippen MR) is 79.6 cm³/mol. The minimum absolute atomic E-state index is 0.0631. The van der Waals surface area contributed by atoms with E-state index in [9.17, 15) is 4.79 Å². The maximum absolute atomic E-state index is 12.9. The third kappa shape index (κ3) is 1.50. The Hall–Kier alpha value is -2.10. The van der Waals surface area contributed by atoms with Crippen LogP contribution in [0.1, 0.15) is 41.0 Å². The number of hydrogen-bond donors (Lipinski definition) is 0. The van der Waals surface area contributed by atoms with E-state index in [2.05, 4.69) is 23.3 Å². The summed E-state index contributed by atoms with van der Waals surface area (Å²) in [6, 6.07) is 10.3. The van der Waals surface area contributed by atoms with E-state index in [4.69, 9.17) is 0 Å². The molecule has 1 amide bonds. The van der Waals surface area contributed by atoms with Crippen LogP contribution in [0.5, 0.6) is 0 Å². The Labute approximate surface area is 123 Å². The molecule has 0 unspecified atom stereocenters. The van der Waals surface area contributed by atoms with Crippen molar-refractivity contribution in [3.8, 4) is 0 Å². The minimum atomic E-state index is 0.0631. The number of amides is 1. The number of carbonyl (C=O) groups is 1. The van der Waals surface area contributed by atoms with Gasteiger partial charge >= 0.3 is 0 Å². The molecule has 0 bridgehead atoms. The molecule has 3 heterocycles. The van der Waals surface area contributed by atoms with Crippen LogP contribution < -0.4 is 4.90 Å². The van der Waals surface area contributed by atoms with Gasteiger partial charge in [-0.2, -0.15) is 5.10 Å². The summed E-state index contributed by atoms with van der Waals surface area (Å²) in [4.78, 5) is 14.8. The molecule has 0 atom stereocenters. The van der Waals surface area contributed by atoms with E-state index in [1.165, 1.54) is 24.1 Å². The van der Waals surface area contributed by atoms with Crippen molar-refractivity contribution in [2.75, 3.05) is 11.4 Å². The molecular formula is C17H17N3O. The summed E-state index contributed by atoms with van der Waals surface area (Å²) in [6.07, 6.45) is 4.59. The zero-order chi connectivity index (χ0) is 14.0. The number of nitrogens with zero attached hydrogens (tertiary/aromatic N) is 3. The highest BCUT2D eigenvalue weighted by atomic mass is 16.2. The molecule has 5 rings (SSSR count). The number of carbonyl (C=O) groups excluding carboxylic acids is 1. The fraction of sp³-hybridized carbons (Fsp3) is 0.412. The Kier molecular flexibility index (Phi) is 2.06. The summed E-state index contributed by atoms with van der Waals surface area (Å²) < 4.78 is 1.99. The van der Waals surface area contributed by atoms with Gasteiger partial charge in [-0.15, -0.1) is 0 Å². The number of benzene rings is 1. The van der Waals surface area contributed by atoms with Gasteiger partial charge in [-0.25, -0.2) is 0 Å². The second-order valence-corrected chi connectivity index (χ2v) is 6.54. The maximum atomic E-state index is 12.9. The van der Waals surface area contributed by atoms with E-state index in [1.807, 2.05) is 21.7 Å². The van der Waals surface area contributed by atoms with Gasteiger partial charge in [-0.3, -0.25) is 9.48 Å². The third-order valence-electron chi connectivity index (χ3n) is 5.21. The highest BCUT2D eigenvalue weighted by Gasteiger charge is 2.53. The predicted octanol–water partition coefficient (Wildman–Crippen LogP) is 2.52. The summed E-state index contributed by atoms with van der Waals surface area (Å²) in [7, 11) is 0. The summed E-state index contributed by atoms with van der Waals surface area (Å²) in [6.45, 7) is 1.77. The zero-order valence-corrected chi connectivity index (χ0v) is 11.9. The number of aromatic nitrogens is 2. The van der Waals surface area contributed by atoms with E-state index in [0.717, 1.165) is 31.6 Å². The molecule has 4 heteroatoms. The Bertz CT molecular complexity index is 736. The number of rotatable bonds is 1. The zero-order valence-electron chi connectivity index (χ0n) is 11.9. The lowest BCUT2D eigenvalue weighted by Gasteiger charge is -2.16. The average Bonchev–Trinajstić information content (AvgIpc) is 2.83. The first-order valence-electron chi connectivity index (χ1n) is 7.75. The van der Waals surface area contributed by atoms with Gasteiger partial charge in [-0.1, -0.05) is 18.2 Å². The Balaban J connectivity index is 1.54. The molecule has 1 fully saturated rings. The second kappa shape index (κ2) is 3.75. The largest absolute Gasteiger partial charge is 0.306 e. The molecule has 1 spiro atoms. The van der Waals surface area contributed by atoms with Crippen LogP contribution in [0.15, 0.2) is 30.3 Å². The van der Waals surface area contributed by atoms with Crippen molar-refractivity contribution < 1.29 is 4.79 Å². The van der Waals surface area contributed by atoms with Crippen molar-refractivity contribution >= 4 is 11.6 Å². The minimum Gasteiger partial charge on any atom is -0.306 e. The molecule has 1 saturated carbocycles. The van der Waals surface area contributed by atoms with Crippen molar-refractivity contribution in [3.05, 3.63) is 47.3 Å². The topological polar surface area (TPSA) is 38.1 Å². The van der Waals surface area contributed by atoms with Gasteiger partial charge in [-0.05, 0) is 43.4 Å². The van der Waals surface area contributed by atoms with Crippen LogP contribution >= 0.6 is 0 Å². The van der Waals surface area contributed by atoms with Crippen molar-refractivity contribution in [2.45, 2.75) is 37.6 Å². The summed E-state index contributed by atoms with van der Waals surface area (Å²) >= 11 is 0. The van der Waals surface area contributed by atoms with Gasteiger partial charge in [0, 0.05) is 29.9 Å². The molecule has 1 aromatic heterocycles. The maximum Gasteiger partial charge on any atom is 0.278 e. The first-order valence-corrected chi connectivity index (χ1v) is 7.75. The number of fused-ring (bicyclic) bond motifs is 3. The first-order chi connectivity index (χ1) is 10.3. The van der Waals surface area contributed by atoms with Crippen LogP contribution in [-0.2, 0) is 18.4 Å². The molecule has 3 aliphatic rings. The lowest BCUT2D eigenvalue weighted by Crippen LogP contribution is -2.31. The molecular weight excluding hydrogens is 262 g/mol. The molecule has 1 aliphatic carbocycles. The Morgan fingerprint density at radius 1 is 1.24 bits per heavy atom. The van der Waals surface area contributed by atoms with Crippen LogP contribution in [-0.4, -0.2) is 22.2 Å². The molecule has 4 nitrogen and oxygen atoms in total. The van der Waals surface area contributed by atoms with Crippen LogP contribution in [0.2, 0.25) is 0 Å².